The molecule has 0 bridgehead atoms. The highest BCUT2D eigenvalue weighted by atomic mass is 15.3. The van der Waals surface area contributed by atoms with Crippen LogP contribution in [-0.2, 0) is 6.42 Å². The van der Waals surface area contributed by atoms with Crippen molar-refractivity contribution >= 4 is 5.82 Å². The van der Waals surface area contributed by atoms with Gasteiger partial charge in [0.25, 0.3) is 0 Å². The van der Waals surface area contributed by atoms with Crippen molar-refractivity contribution in [3.63, 3.8) is 0 Å². The number of nitrogens with zero attached hydrogens (tertiary/aromatic N) is 4. The molecule has 0 aliphatic carbocycles. The van der Waals surface area contributed by atoms with E-state index in [2.05, 4.69) is 20.4 Å². The molecule has 2 aromatic rings. The second kappa shape index (κ2) is 4.08. The third-order valence-corrected chi connectivity index (χ3v) is 2.07. The summed E-state index contributed by atoms with van der Waals surface area (Å²) in [7, 11) is 1.84. The fourth-order valence-corrected chi connectivity index (χ4v) is 1.29. The van der Waals surface area contributed by atoms with Crippen LogP contribution >= 0.6 is 0 Å². The number of anilines is 1. The number of nitrogens with one attached hydrogen (secondary N) is 1. The predicted molar refractivity (Wildman–Crippen MR) is 58.1 cm³/mol. The van der Waals surface area contributed by atoms with E-state index in [4.69, 9.17) is 0 Å². The molecule has 0 unspecified atom stereocenters. The molecular formula is C10H13N5. The lowest BCUT2D eigenvalue weighted by molar-refractivity contribution is 0.814. The van der Waals surface area contributed by atoms with Gasteiger partial charge < -0.3 is 5.32 Å². The van der Waals surface area contributed by atoms with Crippen LogP contribution in [0.1, 0.15) is 12.7 Å². The van der Waals surface area contributed by atoms with Crippen LogP contribution in [0, 0.1) is 0 Å². The maximum absolute atomic E-state index is 4.39. The lowest BCUT2D eigenvalue weighted by Gasteiger charge is -2.06. The Labute approximate surface area is 88.2 Å². The Kier molecular flexibility index (Phi) is 2.62. The van der Waals surface area contributed by atoms with E-state index in [0.29, 0.717) is 0 Å². The minimum atomic E-state index is 0.788. The zero-order valence-electron chi connectivity index (χ0n) is 8.81. The topological polar surface area (TPSA) is 55.6 Å². The molecule has 2 aromatic heterocycles. The molecule has 2 rings (SSSR count). The highest BCUT2D eigenvalue weighted by Crippen LogP contribution is 2.09. The van der Waals surface area contributed by atoms with Gasteiger partial charge in [-0.3, -0.25) is 0 Å². The van der Waals surface area contributed by atoms with Crippen LogP contribution in [0.3, 0.4) is 0 Å². The van der Waals surface area contributed by atoms with Crippen molar-refractivity contribution < 1.29 is 0 Å². The van der Waals surface area contributed by atoms with E-state index in [9.17, 15) is 0 Å². The van der Waals surface area contributed by atoms with Crippen molar-refractivity contribution in [3.05, 3.63) is 30.4 Å². The fourth-order valence-electron chi connectivity index (χ4n) is 1.29. The van der Waals surface area contributed by atoms with Crippen molar-refractivity contribution in [2.24, 2.45) is 0 Å². The Balaban J connectivity index is 2.47. The smallest absolute Gasteiger partial charge is 0.159 e. The number of hydrogen-bond acceptors (Lipinski definition) is 4. The third-order valence-electron chi connectivity index (χ3n) is 2.07. The molecular weight excluding hydrogens is 190 g/mol. The Hall–Kier alpha value is -1.91. The van der Waals surface area contributed by atoms with E-state index in [1.54, 1.807) is 10.9 Å². The zero-order chi connectivity index (χ0) is 10.7. The second-order valence-electron chi connectivity index (χ2n) is 3.08. The summed E-state index contributed by atoms with van der Waals surface area (Å²) in [6.45, 7) is 2.03. The van der Waals surface area contributed by atoms with E-state index in [1.807, 2.05) is 32.3 Å². The monoisotopic (exact) mass is 203 g/mol. The van der Waals surface area contributed by atoms with Crippen LogP contribution in [0.15, 0.2) is 24.5 Å². The van der Waals surface area contributed by atoms with Gasteiger partial charge in [0.05, 0.1) is 0 Å². The summed E-state index contributed by atoms with van der Waals surface area (Å²) in [5.74, 6) is 2.41. The molecule has 0 amide bonds. The quantitative estimate of drug-likeness (QED) is 0.816. The molecule has 15 heavy (non-hydrogen) atoms. The first-order chi connectivity index (χ1) is 7.33. The van der Waals surface area contributed by atoms with Gasteiger partial charge in [0, 0.05) is 31.9 Å². The van der Waals surface area contributed by atoms with Crippen LogP contribution in [0.4, 0.5) is 5.82 Å². The van der Waals surface area contributed by atoms with Crippen molar-refractivity contribution in [3.8, 4) is 5.82 Å². The van der Waals surface area contributed by atoms with Crippen LogP contribution < -0.4 is 5.32 Å². The molecule has 5 heteroatoms. The molecule has 0 aromatic carbocycles. The summed E-state index contributed by atoms with van der Waals surface area (Å²) in [6, 6.07) is 3.74. The molecule has 0 atom stereocenters. The van der Waals surface area contributed by atoms with Crippen molar-refractivity contribution in [2.75, 3.05) is 12.4 Å². The Morgan fingerprint density at radius 3 is 2.87 bits per heavy atom. The highest BCUT2D eigenvalue weighted by molar-refractivity contribution is 5.40. The van der Waals surface area contributed by atoms with Crippen molar-refractivity contribution in [1.82, 2.24) is 19.7 Å². The molecule has 0 spiro atoms. The summed E-state index contributed by atoms with van der Waals surface area (Å²) in [4.78, 5) is 8.71. The van der Waals surface area contributed by atoms with Gasteiger partial charge in [-0.25, -0.2) is 14.6 Å². The zero-order valence-corrected chi connectivity index (χ0v) is 8.81. The summed E-state index contributed by atoms with van der Waals surface area (Å²) in [5, 5.41) is 7.15. The molecule has 0 fully saturated rings. The van der Waals surface area contributed by atoms with Crippen LogP contribution in [0.5, 0.6) is 0 Å². The predicted octanol–water partition coefficient (Wildman–Crippen LogP) is 1.27. The fraction of sp³-hybridized carbons (Fsp3) is 0.300. The minimum absolute atomic E-state index is 0.788. The average molecular weight is 203 g/mol. The van der Waals surface area contributed by atoms with E-state index >= 15 is 0 Å². The largest absolute Gasteiger partial charge is 0.373 e. The minimum Gasteiger partial charge on any atom is -0.373 e. The molecule has 5 nitrogen and oxygen atoms in total. The Bertz CT molecular complexity index is 413. The van der Waals surface area contributed by atoms with E-state index in [-0.39, 0.29) is 0 Å². The maximum Gasteiger partial charge on any atom is 0.159 e. The van der Waals surface area contributed by atoms with Crippen molar-refractivity contribution in [1.29, 1.82) is 0 Å². The first-order valence-corrected chi connectivity index (χ1v) is 4.89. The van der Waals surface area contributed by atoms with E-state index in [1.165, 1.54) is 0 Å². The summed E-state index contributed by atoms with van der Waals surface area (Å²) < 4.78 is 1.72. The highest BCUT2D eigenvalue weighted by Gasteiger charge is 2.03. The molecule has 0 aliphatic heterocycles. The van der Waals surface area contributed by atoms with Gasteiger partial charge in [0.15, 0.2) is 5.82 Å². The normalized spacial score (nSPS) is 10.3. The van der Waals surface area contributed by atoms with E-state index in [0.717, 1.165) is 23.9 Å². The summed E-state index contributed by atoms with van der Waals surface area (Å²) in [5.41, 5.74) is 0. The lowest BCUT2D eigenvalue weighted by atomic mass is 10.4. The molecule has 0 saturated carbocycles. The van der Waals surface area contributed by atoms with Gasteiger partial charge >= 0.3 is 0 Å². The molecule has 0 aliphatic rings. The van der Waals surface area contributed by atoms with Gasteiger partial charge in [-0.1, -0.05) is 6.92 Å². The lowest BCUT2D eigenvalue weighted by Crippen LogP contribution is -2.05. The van der Waals surface area contributed by atoms with Gasteiger partial charge in [-0.15, -0.1) is 0 Å². The SMILES string of the molecule is CCc1nc(NC)cc(-n2cccn2)n1. The summed E-state index contributed by atoms with van der Waals surface area (Å²) >= 11 is 0. The van der Waals surface area contributed by atoms with Crippen LogP contribution in [-0.4, -0.2) is 26.8 Å². The second-order valence-corrected chi connectivity index (χ2v) is 3.08. The number of aromatic nitrogens is 4. The Morgan fingerprint density at radius 1 is 1.40 bits per heavy atom. The van der Waals surface area contributed by atoms with Gasteiger partial charge in [0.1, 0.15) is 11.6 Å². The van der Waals surface area contributed by atoms with E-state index < -0.39 is 0 Å². The summed E-state index contributed by atoms with van der Waals surface area (Å²) in [6.07, 6.45) is 4.40. The molecule has 2 heterocycles. The standard InChI is InChI=1S/C10H13N5/c1-3-8-13-9(11-2)7-10(14-8)15-6-4-5-12-15/h4-7H,3H2,1-2H3,(H,11,13,14). The van der Waals surface area contributed by atoms with Gasteiger partial charge in [-0.05, 0) is 6.07 Å². The molecule has 0 radical (unpaired) electrons. The van der Waals surface area contributed by atoms with Crippen LogP contribution in [0.2, 0.25) is 0 Å². The molecule has 0 saturated heterocycles. The number of hydrogen-bond donors (Lipinski definition) is 1. The van der Waals surface area contributed by atoms with Crippen LogP contribution in [0.25, 0.3) is 5.82 Å². The third kappa shape index (κ3) is 1.96. The molecule has 78 valence electrons. The van der Waals surface area contributed by atoms with Crippen molar-refractivity contribution in [2.45, 2.75) is 13.3 Å². The average Bonchev–Trinajstić information content (AvgIpc) is 2.81. The maximum atomic E-state index is 4.39. The Morgan fingerprint density at radius 2 is 2.27 bits per heavy atom. The first kappa shape index (κ1) is 9.64. The number of rotatable bonds is 3. The number of aryl methyl sites for hydroxylation is 1. The van der Waals surface area contributed by atoms with Gasteiger partial charge in [0.2, 0.25) is 0 Å². The molecule has 1 N–H and O–H groups in total. The van der Waals surface area contributed by atoms with Gasteiger partial charge in [-0.2, -0.15) is 5.10 Å². The first-order valence-electron chi connectivity index (χ1n) is 4.89.